The maximum atomic E-state index is 9.44. The van der Waals surface area contributed by atoms with Crippen molar-refractivity contribution in [2.24, 2.45) is 5.92 Å². The van der Waals surface area contributed by atoms with Crippen molar-refractivity contribution in [2.75, 3.05) is 31.7 Å². The summed E-state index contributed by atoms with van der Waals surface area (Å²) < 4.78 is 5.53. The first-order valence-electron chi connectivity index (χ1n) is 7.17. The predicted molar refractivity (Wildman–Crippen MR) is 76.8 cm³/mol. The number of anilines is 1. The lowest BCUT2D eigenvalue weighted by Gasteiger charge is -2.26. The van der Waals surface area contributed by atoms with Crippen LogP contribution in [-0.4, -0.2) is 36.9 Å². The molecular formula is C14H22N2O2S. The Kier molecular flexibility index (Phi) is 4.05. The third-order valence-corrected chi connectivity index (χ3v) is 5.11. The molecule has 1 saturated carbocycles. The lowest BCUT2D eigenvalue weighted by molar-refractivity contribution is 0.0576. The van der Waals surface area contributed by atoms with Crippen LogP contribution in [0.15, 0.2) is 0 Å². The molecule has 0 spiro atoms. The molecule has 3 rings (SSSR count). The molecule has 2 heterocycles. The molecular weight excluding hydrogens is 260 g/mol. The molecule has 19 heavy (non-hydrogen) atoms. The van der Waals surface area contributed by atoms with Gasteiger partial charge in [-0.25, -0.2) is 4.98 Å². The van der Waals surface area contributed by atoms with Crippen LogP contribution >= 0.6 is 11.3 Å². The van der Waals surface area contributed by atoms with Crippen LogP contribution in [0.2, 0.25) is 0 Å². The summed E-state index contributed by atoms with van der Waals surface area (Å²) in [7, 11) is 2.10. The number of aliphatic hydroxyl groups is 1. The summed E-state index contributed by atoms with van der Waals surface area (Å²) >= 11 is 1.65. The number of rotatable bonds is 5. The first kappa shape index (κ1) is 13.3. The van der Waals surface area contributed by atoms with Crippen LogP contribution in [-0.2, 0) is 11.3 Å². The Hall–Kier alpha value is -0.650. The van der Waals surface area contributed by atoms with E-state index in [0.717, 1.165) is 35.5 Å². The Morgan fingerprint density at radius 2 is 2.26 bits per heavy atom. The van der Waals surface area contributed by atoms with E-state index < -0.39 is 0 Å². The number of ether oxygens (including phenoxy) is 1. The van der Waals surface area contributed by atoms with Gasteiger partial charge in [0, 0.05) is 26.1 Å². The average Bonchev–Trinajstić information content (AvgIpc) is 3.19. The van der Waals surface area contributed by atoms with E-state index in [1.54, 1.807) is 11.3 Å². The molecule has 1 N–H and O–H groups in total. The molecule has 0 bridgehead atoms. The minimum atomic E-state index is 0.129. The number of aromatic nitrogens is 1. The predicted octanol–water partition coefficient (Wildman–Crippen LogP) is 2.38. The largest absolute Gasteiger partial charge is 0.391 e. The summed E-state index contributed by atoms with van der Waals surface area (Å²) in [6, 6.07) is 0. The molecule has 1 aliphatic carbocycles. The van der Waals surface area contributed by atoms with E-state index in [4.69, 9.17) is 9.72 Å². The van der Waals surface area contributed by atoms with Gasteiger partial charge in [-0.3, -0.25) is 0 Å². The van der Waals surface area contributed by atoms with Crippen LogP contribution in [0, 0.1) is 5.92 Å². The van der Waals surface area contributed by atoms with Crippen molar-refractivity contribution < 1.29 is 9.84 Å². The molecule has 4 nitrogen and oxygen atoms in total. The molecule has 0 aromatic carbocycles. The Morgan fingerprint density at radius 3 is 2.89 bits per heavy atom. The second-order valence-electron chi connectivity index (χ2n) is 5.70. The van der Waals surface area contributed by atoms with Crippen LogP contribution in [0.5, 0.6) is 0 Å². The highest BCUT2D eigenvalue weighted by Gasteiger charge is 2.30. The summed E-state index contributed by atoms with van der Waals surface area (Å²) in [5, 5.41) is 10.5. The van der Waals surface area contributed by atoms with Gasteiger partial charge in [-0.15, -0.1) is 0 Å². The quantitative estimate of drug-likeness (QED) is 0.900. The summed E-state index contributed by atoms with van der Waals surface area (Å²) in [5.41, 5.74) is 1.15. The number of nitrogens with zero attached hydrogens (tertiary/aromatic N) is 2. The first-order valence-corrected chi connectivity index (χ1v) is 7.99. The molecule has 0 radical (unpaired) electrons. The zero-order valence-corrected chi connectivity index (χ0v) is 12.3. The number of aliphatic hydroxyl groups excluding tert-OH is 1. The molecule has 1 aromatic heterocycles. The van der Waals surface area contributed by atoms with Gasteiger partial charge < -0.3 is 14.7 Å². The fraction of sp³-hybridized carbons (Fsp3) is 0.786. The van der Waals surface area contributed by atoms with E-state index in [9.17, 15) is 5.11 Å². The third-order valence-electron chi connectivity index (χ3n) is 3.94. The fourth-order valence-corrected chi connectivity index (χ4v) is 3.70. The van der Waals surface area contributed by atoms with Crippen molar-refractivity contribution in [1.29, 1.82) is 0 Å². The van der Waals surface area contributed by atoms with E-state index in [-0.39, 0.29) is 6.61 Å². The van der Waals surface area contributed by atoms with Gasteiger partial charge in [0.15, 0.2) is 5.13 Å². The highest BCUT2D eigenvalue weighted by molar-refractivity contribution is 7.15. The average molecular weight is 282 g/mol. The van der Waals surface area contributed by atoms with Gasteiger partial charge in [0.25, 0.3) is 0 Å². The summed E-state index contributed by atoms with van der Waals surface area (Å²) in [6.07, 6.45) is 4.89. The Labute approximate surface area is 118 Å². The van der Waals surface area contributed by atoms with Crippen LogP contribution in [0.3, 0.4) is 0 Å². The van der Waals surface area contributed by atoms with E-state index in [1.807, 2.05) is 0 Å². The number of hydrogen-bond acceptors (Lipinski definition) is 5. The van der Waals surface area contributed by atoms with E-state index >= 15 is 0 Å². The molecule has 2 aliphatic rings. The van der Waals surface area contributed by atoms with Crippen molar-refractivity contribution in [3.63, 3.8) is 0 Å². The van der Waals surface area contributed by atoms with Gasteiger partial charge in [0.05, 0.1) is 23.8 Å². The first-order chi connectivity index (χ1) is 9.28. The normalized spacial score (nSPS) is 23.6. The smallest absolute Gasteiger partial charge is 0.185 e. The Bertz CT molecular complexity index is 425. The molecule has 2 fully saturated rings. The van der Waals surface area contributed by atoms with Crippen LogP contribution < -0.4 is 4.90 Å². The van der Waals surface area contributed by atoms with Crippen molar-refractivity contribution in [3.05, 3.63) is 10.6 Å². The molecule has 5 heteroatoms. The molecule has 1 aromatic rings. The minimum absolute atomic E-state index is 0.129. The SMILES string of the molecule is CN(CC1CCCOC1)c1nc(C2CC2)c(CO)s1. The summed E-state index contributed by atoms with van der Waals surface area (Å²) in [6.45, 7) is 2.92. The van der Waals surface area contributed by atoms with Crippen LogP contribution in [0.1, 0.15) is 42.2 Å². The van der Waals surface area contributed by atoms with Gasteiger partial charge in [0.2, 0.25) is 0 Å². The molecule has 0 amide bonds. The lowest BCUT2D eigenvalue weighted by Crippen LogP contribution is -2.30. The van der Waals surface area contributed by atoms with Crippen molar-refractivity contribution in [3.8, 4) is 0 Å². The molecule has 1 saturated heterocycles. The van der Waals surface area contributed by atoms with Gasteiger partial charge in [0.1, 0.15) is 0 Å². The van der Waals surface area contributed by atoms with E-state index in [2.05, 4.69) is 11.9 Å². The maximum Gasteiger partial charge on any atom is 0.185 e. The zero-order chi connectivity index (χ0) is 13.2. The van der Waals surface area contributed by atoms with Crippen molar-refractivity contribution in [1.82, 2.24) is 4.98 Å². The van der Waals surface area contributed by atoms with E-state index in [0.29, 0.717) is 11.8 Å². The highest BCUT2D eigenvalue weighted by Crippen LogP contribution is 2.44. The summed E-state index contributed by atoms with van der Waals surface area (Å²) in [4.78, 5) is 8.04. The standard InChI is InChI=1S/C14H22N2O2S/c1-16(7-10-3-2-6-18-9-10)14-15-13(11-4-5-11)12(8-17)19-14/h10-11,17H,2-9H2,1H3. The second-order valence-corrected chi connectivity index (χ2v) is 6.76. The third kappa shape index (κ3) is 3.09. The minimum Gasteiger partial charge on any atom is -0.391 e. The van der Waals surface area contributed by atoms with Crippen molar-refractivity contribution >= 4 is 16.5 Å². The van der Waals surface area contributed by atoms with Gasteiger partial charge in [-0.05, 0) is 31.6 Å². The van der Waals surface area contributed by atoms with E-state index in [1.165, 1.54) is 25.7 Å². The Balaban J connectivity index is 1.66. The van der Waals surface area contributed by atoms with Crippen LogP contribution in [0.4, 0.5) is 5.13 Å². The maximum absolute atomic E-state index is 9.44. The topological polar surface area (TPSA) is 45.6 Å². The fourth-order valence-electron chi connectivity index (χ4n) is 2.72. The van der Waals surface area contributed by atoms with Gasteiger partial charge >= 0.3 is 0 Å². The van der Waals surface area contributed by atoms with Crippen LogP contribution in [0.25, 0.3) is 0 Å². The monoisotopic (exact) mass is 282 g/mol. The van der Waals surface area contributed by atoms with Gasteiger partial charge in [-0.2, -0.15) is 0 Å². The zero-order valence-electron chi connectivity index (χ0n) is 11.5. The van der Waals surface area contributed by atoms with Crippen molar-refractivity contribution in [2.45, 2.75) is 38.2 Å². The number of hydrogen-bond donors (Lipinski definition) is 1. The second kappa shape index (κ2) is 5.77. The summed E-state index contributed by atoms with van der Waals surface area (Å²) in [5.74, 6) is 1.23. The lowest BCUT2D eigenvalue weighted by atomic mass is 10.0. The highest BCUT2D eigenvalue weighted by atomic mass is 32.1. The van der Waals surface area contributed by atoms with Gasteiger partial charge in [-0.1, -0.05) is 11.3 Å². The molecule has 106 valence electrons. The molecule has 1 aliphatic heterocycles. The number of thiazole rings is 1. The Morgan fingerprint density at radius 1 is 1.42 bits per heavy atom. The molecule has 1 atom stereocenters. The molecule has 1 unspecified atom stereocenters.